The van der Waals surface area contributed by atoms with Crippen LogP contribution < -0.4 is 5.84 Å². The SMILES string of the molecule is CC1CCN=C(C(=NN)C(=O)O)C1. The van der Waals surface area contributed by atoms with Crippen LogP contribution in [0.2, 0.25) is 0 Å². The predicted octanol–water partition coefficient (Wildman–Crippen LogP) is 0.257. The lowest BCUT2D eigenvalue weighted by atomic mass is 9.95. The number of hydrogen-bond acceptors (Lipinski definition) is 4. The van der Waals surface area contributed by atoms with Crippen LogP contribution in [0.4, 0.5) is 0 Å². The Balaban J connectivity index is 2.81. The highest BCUT2D eigenvalue weighted by Gasteiger charge is 2.21. The molecule has 5 nitrogen and oxygen atoms in total. The maximum absolute atomic E-state index is 10.6. The van der Waals surface area contributed by atoms with Gasteiger partial charge in [0, 0.05) is 6.54 Å². The predicted molar refractivity (Wildman–Crippen MR) is 50.0 cm³/mol. The van der Waals surface area contributed by atoms with E-state index in [9.17, 15) is 4.79 Å². The van der Waals surface area contributed by atoms with Crippen molar-refractivity contribution in [3.05, 3.63) is 0 Å². The average Bonchev–Trinajstić information content (AvgIpc) is 2.04. The zero-order valence-electron chi connectivity index (χ0n) is 7.53. The Hall–Kier alpha value is -1.39. The molecule has 0 bridgehead atoms. The highest BCUT2D eigenvalue weighted by molar-refractivity contribution is 6.65. The Morgan fingerprint density at radius 1 is 1.77 bits per heavy atom. The second-order valence-electron chi connectivity index (χ2n) is 3.21. The van der Waals surface area contributed by atoms with Gasteiger partial charge in [-0.05, 0) is 18.8 Å². The van der Waals surface area contributed by atoms with Crippen LogP contribution >= 0.6 is 0 Å². The summed E-state index contributed by atoms with van der Waals surface area (Å²) in [4.78, 5) is 14.7. The Morgan fingerprint density at radius 3 is 2.92 bits per heavy atom. The Morgan fingerprint density at radius 2 is 2.46 bits per heavy atom. The van der Waals surface area contributed by atoms with Crippen molar-refractivity contribution in [2.24, 2.45) is 21.9 Å². The van der Waals surface area contributed by atoms with E-state index in [1.54, 1.807) is 0 Å². The summed E-state index contributed by atoms with van der Waals surface area (Å²) >= 11 is 0. The Kier molecular flexibility index (Phi) is 3.00. The molecular weight excluding hydrogens is 170 g/mol. The molecule has 1 atom stereocenters. The number of aliphatic carboxylic acids is 1. The maximum atomic E-state index is 10.6. The number of rotatable bonds is 2. The molecule has 0 saturated carbocycles. The molecule has 0 spiro atoms. The third kappa shape index (κ3) is 2.27. The molecule has 0 aromatic rings. The lowest BCUT2D eigenvalue weighted by Crippen LogP contribution is -2.29. The number of nitrogens with zero attached hydrogens (tertiary/aromatic N) is 2. The van der Waals surface area contributed by atoms with Gasteiger partial charge >= 0.3 is 5.97 Å². The van der Waals surface area contributed by atoms with E-state index in [0.717, 1.165) is 6.42 Å². The molecule has 0 aromatic carbocycles. The monoisotopic (exact) mass is 183 g/mol. The normalized spacial score (nSPS) is 23.9. The second kappa shape index (κ2) is 4.02. The summed E-state index contributed by atoms with van der Waals surface area (Å²) < 4.78 is 0. The smallest absolute Gasteiger partial charge is 0.358 e. The van der Waals surface area contributed by atoms with Gasteiger partial charge in [-0.15, -0.1) is 0 Å². The summed E-state index contributed by atoms with van der Waals surface area (Å²) in [5.74, 6) is 4.34. The highest BCUT2D eigenvalue weighted by Crippen LogP contribution is 2.14. The minimum atomic E-state index is -1.10. The van der Waals surface area contributed by atoms with Crippen LogP contribution in [-0.2, 0) is 4.79 Å². The van der Waals surface area contributed by atoms with Crippen LogP contribution in [0.1, 0.15) is 19.8 Å². The van der Waals surface area contributed by atoms with E-state index in [4.69, 9.17) is 10.9 Å². The first kappa shape index (κ1) is 9.70. The Labute approximate surface area is 76.3 Å². The van der Waals surface area contributed by atoms with Crippen LogP contribution in [0.5, 0.6) is 0 Å². The zero-order valence-corrected chi connectivity index (χ0v) is 7.53. The topological polar surface area (TPSA) is 88.0 Å². The van der Waals surface area contributed by atoms with Crippen molar-refractivity contribution < 1.29 is 9.90 Å². The van der Waals surface area contributed by atoms with Crippen molar-refractivity contribution >= 4 is 17.4 Å². The standard InChI is InChI=1S/C8H13N3O2/c1-5-2-3-10-6(4-5)7(11-9)8(12)13/h5H,2-4,9H2,1H3,(H,12,13). The Bertz CT molecular complexity index is 271. The summed E-state index contributed by atoms with van der Waals surface area (Å²) in [5, 5.41) is 12.0. The summed E-state index contributed by atoms with van der Waals surface area (Å²) in [7, 11) is 0. The molecule has 13 heavy (non-hydrogen) atoms. The zero-order chi connectivity index (χ0) is 9.84. The van der Waals surface area contributed by atoms with Crippen LogP contribution in [-0.4, -0.2) is 29.0 Å². The highest BCUT2D eigenvalue weighted by atomic mass is 16.4. The van der Waals surface area contributed by atoms with Gasteiger partial charge in [-0.25, -0.2) is 4.79 Å². The van der Waals surface area contributed by atoms with Crippen molar-refractivity contribution in [1.82, 2.24) is 0 Å². The van der Waals surface area contributed by atoms with Gasteiger partial charge in [0.1, 0.15) is 0 Å². The minimum absolute atomic E-state index is 0.105. The molecule has 0 fully saturated rings. The molecule has 1 rings (SSSR count). The van der Waals surface area contributed by atoms with Gasteiger partial charge in [0.05, 0.1) is 5.71 Å². The number of hydrogen-bond donors (Lipinski definition) is 2. The molecule has 1 aliphatic heterocycles. The number of carboxylic acid groups (broad SMARTS) is 1. The third-order valence-corrected chi connectivity index (χ3v) is 2.07. The second-order valence-corrected chi connectivity index (χ2v) is 3.21. The molecule has 0 amide bonds. The fourth-order valence-corrected chi connectivity index (χ4v) is 1.34. The third-order valence-electron chi connectivity index (χ3n) is 2.07. The van der Waals surface area contributed by atoms with Crippen LogP contribution in [0.15, 0.2) is 10.1 Å². The molecule has 72 valence electrons. The number of hydrazone groups is 1. The van der Waals surface area contributed by atoms with Gasteiger partial charge in [0.15, 0.2) is 5.71 Å². The summed E-state index contributed by atoms with van der Waals surface area (Å²) in [5.41, 5.74) is 0.417. The first-order valence-electron chi connectivity index (χ1n) is 4.20. The van der Waals surface area contributed by atoms with E-state index in [-0.39, 0.29) is 5.71 Å². The number of aliphatic imine (C=N–C) groups is 1. The molecule has 1 unspecified atom stereocenters. The summed E-state index contributed by atoms with van der Waals surface area (Å²) in [6.45, 7) is 2.73. The van der Waals surface area contributed by atoms with Gasteiger partial charge in [0.25, 0.3) is 0 Å². The van der Waals surface area contributed by atoms with Crippen molar-refractivity contribution in [3.8, 4) is 0 Å². The average molecular weight is 183 g/mol. The van der Waals surface area contributed by atoms with Crippen molar-refractivity contribution in [3.63, 3.8) is 0 Å². The van der Waals surface area contributed by atoms with Gasteiger partial charge in [0.2, 0.25) is 0 Å². The van der Waals surface area contributed by atoms with Crippen molar-refractivity contribution in [2.45, 2.75) is 19.8 Å². The van der Waals surface area contributed by atoms with Gasteiger partial charge < -0.3 is 10.9 Å². The largest absolute Gasteiger partial charge is 0.476 e. The van der Waals surface area contributed by atoms with Crippen molar-refractivity contribution in [2.75, 3.05) is 6.54 Å². The van der Waals surface area contributed by atoms with E-state index in [2.05, 4.69) is 17.0 Å². The first-order chi connectivity index (χ1) is 6.15. The lowest BCUT2D eigenvalue weighted by molar-refractivity contribution is -0.129. The summed E-state index contributed by atoms with van der Waals surface area (Å²) in [6.07, 6.45) is 1.66. The maximum Gasteiger partial charge on any atom is 0.358 e. The van der Waals surface area contributed by atoms with E-state index in [1.807, 2.05) is 0 Å². The van der Waals surface area contributed by atoms with E-state index in [1.165, 1.54) is 0 Å². The molecule has 0 aromatic heterocycles. The minimum Gasteiger partial charge on any atom is -0.476 e. The number of carboxylic acids is 1. The molecular formula is C8H13N3O2. The van der Waals surface area contributed by atoms with E-state index >= 15 is 0 Å². The molecule has 0 radical (unpaired) electrons. The van der Waals surface area contributed by atoms with Crippen LogP contribution in [0, 0.1) is 5.92 Å². The molecule has 1 aliphatic rings. The van der Waals surface area contributed by atoms with Gasteiger partial charge in [-0.3, -0.25) is 4.99 Å². The van der Waals surface area contributed by atoms with Gasteiger partial charge in [-0.2, -0.15) is 5.10 Å². The molecule has 3 N–H and O–H groups in total. The number of nitrogens with two attached hydrogens (primary N) is 1. The van der Waals surface area contributed by atoms with Crippen molar-refractivity contribution in [1.29, 1.82) is 0 Å². The molecule has 5 heteroatoms. The summed E-state index contributed by atoms with van der Waals surface area (Å²) in [6, 6.07) is 0. The van der Waals surface area contributed by atoms with E-state index in [0.29, 0.717) is 24.6 Å². The first-order valence-corrected chi connectivity index (χ1v) is 4.20. The fourth-order valence-electron chi connectivity index (χ4n) is 1.34. The molecule has 0 aliphatic carbocycles. The molecule has 1 heterocycles. The molecule has 0 saturated heterocycles. The van der Waals surface area contributed by atoms with Gasteiger partial charge in [-0.1, -0.05) is 6.92 Å². The number of carbonyl (C=O) groups is 1. The fraction of sp³-hybridized carbons (Fsp3) is 0.625. The van der Waals surface area contributed by atoms with E-state index < -0.39 is 5.97 Å². The van der Waals surface area contributed by atoms with Crippen LogP contribution in [0.3, 0.4) is 0 Å². The quantitative estimate of drug-likeness (QED) is 0.365. The lowest BCUT2D eigenvalue weighted by Gasteiger charge is -2.17. The van der Waals surface area contributed by atoms with Crippen LogP contribution in [0.25, 0.3) is 0 Å².